The minimum Gasteiger partial charge on any atom is -0.490 e. The third kappa shape index (κ3) is 4.58. The number of anilines is 1. The van der Waals surface area contributed by atoms with E-state index in [1.54, 1.807) is 0 Å². The maximum atomic E-state index is 10.5. The van der Waals surface area contributed by atoms with Gasteiger partial charge < -0.3 is 14.7 Å². The van der Waals surface area contributed by atoms with Gasteiger partial charge in [-0.2, -0.15) is 0 Å². The lowest BCUT2D eigenvalue weighted by Gasteiger charge is -2.36. The Labute approximate surface area is 170 Å². The summed E-state index contributed by atoms with van der Waals surface area (Å²) in [6, 6.07) is 22.1. The molecule has 0 spiro atoms. The summed E-state index contributed by atoms with van der Waals surface area (Å²) in [5.74, 6) is 0.824. The first-order valence-corrected chi connectivity index (χ1v) is 10.1. The van der Waals surface area contributed by atoms with Crippen LogP contribution in [0.25, 0.3) is 10.8 Å². The second kappa shape index (κ2) is 8.82. The molecular weight excluding hydrogens is 372 g/mol. The number of β-amino-alcohol motifs (C(OH)–C–C–N with tert-alkyl or cyclic N) is 1. The van der Waals surface area contributed by atoms with Gasteiger partial charge >= 0.3 is 0 Å². The van der Waals surface area contributed by atoms with E-state index in [0.717, 1.165) is 47.7 Å². The lowest BCUT2D eigenvalue weighted by atomic mass is 10.1. The Balaban J connectivity index is 1.26. The Bertz CT molecular complexity index is 903. The molecule has 0 saturated carbocycles. The molecule has 0 amide bonds. The van der Waals surface area contributed by atoms with Gasteiger partial charge in [-0.25, -0.2) is 0 Å². The monoisotopic (exact) mass is 396 g/mol. The van der Waals surface area contributed by atoms with Gasteiger partial charge in [-0.3, -0.25) is 4.90 Å². The Kier molecular flexibility index (Phi) is 6.01. The van der Waals surface area contributed by atoms with Gasteiger partial charge in [0, 0.05) is 48.8 Å². The molecule has 0 aromatic heterocycles. The molecule has 1 aliphatic rings. The predicted octanol–water partition coefficient (Wildman–Crippen LogP) is 4.06. The summed E-state index contributed by atoms with van der Waals surface area (Å²) < 4.78 is 5.92. The van der Waals surface area contributed by atoms with E-state index in [1.165, 1.54) is 5.69 Å². The van der Waals surface area contributed by atoms with Gasteiger partial charge in [0.1, 0.15) is 18.5 Å². The van der Waals surface area contributed by atoms with Crippen molar-refractivity contribution in [2.75, 3.05) is 44.2 Å². The third-order valence-electron chi connectivity index (χ3n) is 5.21. The van der Waals surface area contributed by atoms with E-state index in [-0.39, 0.29) is 0 Å². The largest absolute Gasteiger partial charge is 0.490 e. The van der Waals surface area contributed by atoms with Crippen molar-refractivity contribution in [3.63, 3.8) is 0 Å². The standard InChI is InChI=1S/C23H25ClN2O2/c24-19-8-10-20(11-9-19)26-14-12-25(13-15-26)16-21(27)17-28-23-7-3-5-18-4-1-2-6-22(18)23/h1-11,21,27H,12-17H2/t21-/m1/s1. The molecule has 5 heteroatoms. The molecule has 3 aromatic carbocycles. The van der Waals surface area contributed by atoms with Crippen LogP contribution in [0.3, 0.4) is 0 Å². The molecule has 1 fully saturated rings. The normalized spacial score (nSPS) is 16.3. The molecule has 1 aliphatic heterocycles. The highest BCUT2D eigenvalue weighted by Crippen LogP contribution is 2.25. The summed E-state index contributed by atoms with van der Waals surface area (Å²) in [7, 11) is 0. The Morgan fingerprint density at radius 1 is 0.893 bits per heavy atom. The Morgan fingerprint density at radius 3 is 2.39 bits per heavy atom. The van der Waals surface area contributed by atoms with E-state index in [2.05, 4.69) is 34.1 Å². The molecule has 0 bridgehead atoms. The zero-order valence-corrected chi connectivity index (χ0v) is 16.6. The van der Waals surface area contributed by atoms with Crippen LogP contribution in [0.1, 0.15) is 0 Å². The van der Waals surface area contributed by atoms with Crippen molar-refractivity contribution in [1.29, 1.82) is 0 Å². The Hall–Kier alpha value is -2.27. The molecule has 1 N–H and O–H groups in total. The highest BCUT2D eigenvalue weighted by atomic mass is 35.5. The van der Waals surface area contributed by atoms with E-state index >= 15 is 0 Å². The van der Waals surface area contributed by atoms with Gasteiger partial charge in [-0.15, -0.1) is 0 Å². The zero-order valence-electron chi connectivity index (χ0n) is 15.8. The molecule has 1 heterocycles. The highest BCUT2D eigenvalue weighted by Gasteiger charge is 2.20. The number of hydrogen-bond acceptors (Lipinski definition) is 4. The summed E-state index contributed by atoms with van der Waals surface area (Å²) in [5, 5.41) is 13.4. The van der Waals surface area contributed by atoms with Gasteiger partial charge in [-0.1, -0.05) is 48.0 Å². The van der Waals surface area contributed by atoms with Crippen LogP contribution in [0, 0.1) is 0 Å². The molecule has 0 aliphatic carbocycles. The van der Waals surface area contributed by atoms with Gasteiger partial charge in [0.2, 0.25) is 0 Å². The number of benzene rings is 3. The van der Waals surface area contributed by atoms with Crippen molar-refractivity contribution in [2.45, 2.75) is 6.10 Å². The van der Waals surface area contributed by atoms with Crippen LogP contribution in [-0.2, 0) is 0 Å². The van der Waals surface area contributed by atoms with Crippen LogP contribution in [0.5, 0.6) is 5.75 Å². The van der Waals surface area contributed by atoms with Crippen molar-refractivity contribution in [1.82, 2.24) is 4.90 Å². The van der Waals surface area contributed by atoms with Gasteiger partial charge in [0.15, 0.2) is 0 Å². The molecule has 146 valence electrons. The van der Waals surface area contributed by atoms with Crippen molar-refractivity contribution >= 4 is 28.1 Å². The van der Waals surface area contributed by atoms with Crippen molar-refractivity contribution in [3.05, 3.63) is 71.8 Å². The SMILES string of the molecule is O[C@@H](COc1cccc2ccccc12)CN1CCN(c2ccc(Cl)cc2)CC1. The van der Waals surface area contributed by atoms with Crippen LogP contribution in [0.4, 0.5) is 5.69 Å². The van der Waals surface area contributed by atoms with Crippen LogP contribution in [-0.4, -0.2) is 55.4 Å². The van der Waals surface area contributed by atoms with E-state index in [0.29, 0.717) is 13.2 Å². The fourth-order valence-electron chi connectivity index (χ4n) is 3.70. The molecule has 0 unspecified atom stereocenters. The molecule has 1 atom stereocenters. The number of aliphatic hydroxyl groups is 1. The number of aliphatic hydroxyl groups excluding tert-OH is 1. The molecular formula is C23H25ClN2O2. The number of fused-ring (bicyclic) bond motifs is 1. The quantitative estimate of drug-likeness (QED) is 0.681. The molecule has 4 nitrogen and oxygen atoms in total. The van der Waals surface area contributed by atoms with E-state index in [4.69, 9.17) is 16.3 Å². The molecule has 0 radical (unpaired) electrons. The number of nitrogens with zero attached hydrogens (tertiary/aromatic N) is 2. The average molecular weight is 397 g/mol. The minimum atomic E-state index is -0.513. The summed E-state index contributed by atoms with van der Waals surface area (Å²) in [6.45, 7) is 4.66. The molecule has 3 aromatic rings. The second-order valence-corrected chi connectivity index (χ2v) is 7.64. The number of halogens is 1. The maximum absolute atomic E-state index is 10.5. The van der Waals surface area contributed by atoms with E-state index in [9.17, 15) is 5.11 Å². The lowest BCUT2D eigenvalue weighted by Crippen LogP contribution is -2.49. The topological polar surface area (TPSA) is 35.9 Å². The summed E-state index contributed by atoms with van der Waals surface area (Å²) in [5.41, 5.74) is 1.20. The number of rotatable bonds is 6. The number of piperazine rings is 1. The van der Waals surface area contributed by atoms with Crippen molar-refractivity contribution in [2.24, 2.45) is 0 Å². The van der Waals surface area contributed by atoms with Crippen LogP contribution >= 0.6 is 11.6 Å². The Morgan fingerprint density at radius 2 is 1.61 bits per heavy atom. The van der Waals surface area contributed by atoms with E-state index in [1.807, 2.05) is 42.5 Å². The minimum absolute atomic E-state index is 0.297. The molecule has 1 saturated heterocycles. The fraction of sp³-hybridized carbons (Fsp3) is 0.304. The van der Waals surface area contributed by atoms with Gasteiger partial charge in [0.05, 0.1) is 0 Å². The van der Waals surface area contributed by atoms with Gasteiger partial charge in [0.25, 0.3) is 0 Å². The number of hydrogen-bond donors (Lipinski definition) is 1. The van der Waals surface area contributed by atoms with Crippen molar-refractivity contribution < 1.29 is 9.84 Å². The van der Waals surface area contributed by atoms with E-state index < -0.39 is 6.10 Å². The lowest BCUT2D eigenvalue weighted by molar-refractivity contribution is 0.0668. The summed E-state index contributed by atoms with van der Waals surface area (Å²) >= 11 is 5.97. The van der Waals surface area contributed by atoms with Gasteiger partial charge in [-0.05, 0) is 35.7 Å². The zero-order chi connectivity index (χ0) is 19.3. The summed E-state index contributed by atoms with van der Waals surface area (Å²) in [4.78, 5) is 4.65. The maximum Gasteiger partial charge on any atom is 0.127 e. The second-order valence-electron chi connectivity index (χ2n) is 7.21. The smallest absolute Gasteiger partial charge is 0.127 e. The van der Waals surface area contributed by atoms with Crippen molar-refractivity contribution in [3.8, 4) is 5.75 Å². The van der Waals surface area contributed by atoms with Crippen LogP contribution in [0.15, 0.2) is 66.7 Å². The highest BCUT2D eigenvalue weighted by molar-refractivity contribution is 6.30. The van der Waals surface area contributed by atoms with Crippen LogP contribution < -0.4 is 9.64 Å². The van der Waals surface area contributed by atoms with Crippen LogP contribution in [0.2, 0.25) is 5.02 Å². The number of ether oxygens (including phenoxy) is 1. The first-order valence-electron chi connectivity index (χ1n) is 9.70. The average Bonchev–Trinajstić information content (AvgIpc) is 2.73. The summed E-state index contributed by atoms with van der Waals surface area (Å²) in [6.07, 6.45) is -0.513. The molecule has 28 heavy (non-hydrogen) atoms. The third-order valence-corrected chi connectivity index (χ3v) is 5.47. The predicted molar refractivity (Wildman–Crippen MR) is 116 cm³/mol. The molecule has 4 rings (SSSR count). The fourth-order valence-corrected chi connectivity index (χ4v) is 3.82. The first-order chi connectivity index (χ1) is 13.7. The first kappa shape index (κ1) is 19.1.